The molecule has 3 N–H and O–H groups in total. The molecule has 2 aromatic carbocycles. The summed E-state index contributed by atoms with van der Waals surface area (Å²) in [5, 5.41) is 14.1. The second-order valence-electron chi connectivity index (χ2n) is 6.46. The molecular weight excluding hydrogens is 356 g/mol. The third-order valence-corrected chi connectivity index (χ3v) is 4.40. The number of hydrogen-bond donors (Lipinski definition) is 3. The molecule has 1 heterocycles. The normalized spacial score (nSPS) is 10.8. The predicted molar refractivity (Wildman–Crippen MR) is 107 cm³/mol. The van der Waals surface area contributed by atoms with Crippen LogP contribution in [0.3, 0.4) is 0 Å². The zero-order chi connectivity index (χ0) is 19.8. The van der Waals surface area contributed by atoms with Crippen LogP contribution in [0.15, 0.2) is 54.6 Å². The van der Waals surface area contributed by atoms with E-state index in [1.807, 2.05) is 59.2 Å². The number of hydrogen-bond acceptors (Lipinski definition) is 4. The number of aliphatic hydroxyl groups excluding tert-OH is 1. The van der Waals surface area contributed by atoms with Gasteiger partial charge in [-0.05, 0) is 24.1 Å². The van der Waals surface area contributed by atoms with Crippen molar-refractivity contribution < 1.29 is 14.7 Å². The number of para-hydroxylation sites is 2. The predicted octanol–water partition coefficient (Wildman–Crippen LogP) is 2.38. The average Bonchev–Trinajstić information content (AvgIpc) is 3.07. The van der Waals surface area contributed by atoms with Crippen LogP contribution < -0.4 is 10.6 Å². The fraction of sp³-hybridized carbons (Fsp3) is 0.286. The molecule has 0 fully saturated rings. The summed E-state index contributed by atoms with van der Waals surface area (Å²) < 4.78 is 1.98. The molecule has 7 nitrogen and oxygen atoms in total. The van der Waals surface area contributed by atoms with Crippen molar-refractivity contribution in [2.45, 2.75) is 32.4 Å². The van der Waals surface area contributed by atoms with Crippen LogP contribution in [0.1, 0.15) is 24.2 Å². The molecule has 3 aromatic rings. The first-order chi connectivity index (χ1) is 13.7. The second-order valence-corrected chi connectivity index (χ2v) is 6.46. The average molecular weight is 380 g/mol. The molecule has 3 amide bonds. The first-order valence-electron chi connectivity index (χ1n) is 9.34. The lowest BCUT2D eigenvalue weighted by Crippen LogP contribution is -2.39. The van der Waals surface area contributed by atoms with E-state index in [2.05, 4.69) is 15.6 Å². The van der Waals surface area contributed by atoms with Gasteiger partial charge in [-0.2, -0.15) is 0 Å². The maximum absolute atomic E-state index is 12.2. The number of imide groups is 1. The van der Waals surface area contributed by atoms with Crippen molar-refractivity contribution in [2.24, 2.45) is 0 Å². The Morgan fingerprint density at radius 3 is 2.57 bits per heavy atom. The van der Waals surface area contributed by atoms with Crippen LogP contribution in [0.2, 0.25) is 0 Å². The molecule has 146 valence electrons. The van der Waals surface area contributed by atoms with Crippen LogP contribution in [-0.4, -0.2) is 33.2 Å². The van der Waals surface area contributed by atoms with Gasteiger partial charge in [0.25, 0.3) is 0 Å². The Balaban J connectivity index is 1.55. The van der Waals surface area contributed by atoms with Gasteiger partial charge in [0.15, 0.2) is 0 Å². The monoisotopic (exact) mass is 380 g/mol. The van der Waals surface area contributed by atoms with Gasteiger partial charge in [0.05, 0.1) is 11.0 Å². The van der Waals surface area contributed by atoms with Crippen molar-refractivity contribution in [3.8, 4) is 0 Å². The number of nitrogens with one attached hydrogen (secondary N) is 2. The summed E-state index contributed by atoms with van der Waals surface area (Å²) in [6, 6.07) is 16.7. The molecule has 0 saturated heterocycles. The number of carbonyl (C=O) groups excluding carboxylic acids is 2. The quantitative estimate of drug-likeness (QED) is 0.559. The molecule has 7 heteroatoms. The largest absolute Gasteiger partial charge is 0.396 e. The minimum atomic E-state index is -0.509. The van der Waals surface area contributed by atoms with Gasteiger partial charge in [-0.1, -0.05) is 42.5 Å². The van der Waals surface area contributed by atoms with Crippen molar-refractivity contribution in [3.05, 3.63) is 66.0 Å². The van der Waals surface area contributed by atoms with E-state index >= 15 is 0 Å². The lowest BCUT2D eigenvalue weighted by atomic mass is 10.2. The number of nitrogens with zero attached hydrogens (tertiary/aromatic N) is 2. The van der Waals surface area contributed by atoms with Crippen molar-refractivity contribution in [2.75, 3.05) is 6.61 Å². The third-order valence-electron chi connectivity index (χ3n) is 4.40. The maximum atomic E-state index is 12.2. The van der Waals surface area contributed by atoms with Gasteiger partial charge in [0, 0.05) is 32.5 Å². The number of urea groups is 1. The van der Waals surface area contributed by atoms with Gasteiger partial charge in [0.2, 0.25) is 5.91 Å². The SMILES string of the molecule is O=C(CCn1c(CCCO)nc2ccccc21)NC(=O)NCc1ccccc1. The third kappa shape index (κ3) is 5.17. The molecule has 0 unspecified atom stereocenters. The Kier molecular flexibility index (Phi) is 6.75. The van der Waals surface area contributed by atoms with E-state index in [9.17, 15) is 9.59 Å². The van der Waals surface area contributed by atoms with Crippen LogP contribution in [0, 0.1) is 0 Å². The molecule has 0 radical (unpaired) electrons. The van der Waals surface area contributed by atoms with E-state index in [1.54, 1.807) is 0 Å². The number of aromatic nitrogens is 2. The number of rotatable bonds is 8. The highest BCUT2D eigenvalue weighted by Gasteiger charge is 2.13. The highest BCUT2D eigenvalue weighted by molar-refractivity contribution is 5.94. The standard InChI is InChI=1S/C21H24N4O3/c26-14-6-11-19-23-17-9-4-5-10-18(17)25(19)13-12-20(27)24-21(28)22-15-16-7-2-1-3-8-16/h1-5,7-10,26H,6,11-15H2,(H2,22,24,27,28). The smallest absolute Gasteiger partial charge is 0.321 e. The van der Waals surface area contributed by atoms with Crippen LogP contribution >= 0.6 is 0 Å². The first kappa shape index (κ1) is 19.6. The molecular formula is C21H24N4O3. The van der Waals surface area contributed by atoms with Gasteiger partial charge in [-0.15, -0.1) is 0 Å². The fourth-order valence-electron chi connectivity index (χ4n) is 3.03. The molecule has 28 heavy (non-hydrogen) atoms. The summed E-state index contributed by atoms with van der Waals surface area (Å²) in [7, 11) is 0. The molecule has 0 atom stereocenters. The van der Waals surface area contributed by atoms with Crippen molar-refractivity contribution in [1.29, 1.82) is 0 Å². The number of fused-ring (bicyclic) bond motifs is 1. The fourth-order valence-corrected chi connectivity index (χ4v) is 3.03. The van der Waals surface area contributed by atoms with Gasteiger partial charge in [0.1, 0.15) is 5.82 Å². The zero-order valence-electron chi connectivity index (χ0n) is 15.6. The molecule has 0 aliphatic heterocycles. The van der Waals surface area contributed by atoms with Gasteiger partial charge >= 0.3 is 6.03 Å². The van der Waals surface area contributed by atoms with E-state index in [0.29, 0.717) is 25.9 Å². The lowest BCUT2D eigenvalue weighted by Gasteiger charge is -2.10. The van der Waals surface area contributed by atoms with Crippen LogP contribution in [0.5, 0.6) is 0 Å². The first-order valence-corrected chi connectivity index (χ1v) is 9.34. The molecule has 0 saturated carbocycles. The Morgan fingerprint density at radius 2 is 1.79 bits per heavy atom. The molecule has 3 rings (SSSR count). The van der Waals surface area contributed by atoms with Crippen LogP contribution in [0.4, 0.5) is 4.79 Å². The minimum Gasteiger partial charge on any atom is -0.396 e. The van der Waals surface area contributed by atoms with E-state index in [1.165, 1.54) is 0 Å². The van der Waals surface area contributed by atoms with E-state index in [0.717, 1.165) is 22.4 Å². The summed E-state index contributed by atoms with van der Waals surface area (Å²) in [6.45, 7) is 0.863. The van der Waals surface area contributed by atoms with E-state index in [4.69, 9.17) is 5.11 Å². The van der Waals surface area contributed by atoms with Crippen LogP contribution in [0.25, 0.3) is 11.0 Å². The van der Waals surface area contributed by atoms with E-state index < -0.39 is 6.03 Å². The van der Waals surface area contributed by atoms with Gasteiger partial charge < -0.3 is 15.0 Å². The summed E-state index contributed by atoms with van der Waals surface area (Å²) in [6.07, 6.45) is 1.40. The highest BCUT2D eigenvalue weighted by atomic mass is 16.3. The highest BCUT2D eigenvalue weighted by Crippen LogP contribution is 2.17. The maximum Gasteiger partial charge on any atom is 0.321 e. The summed E-state index contributed by atoms with van der Waals surface area (Å²) in [5.74, 6) is 0.480. The summed E-state index contributed by atoms with van der Waals surface area (Å²) in [5.41, 5.74) is 2.76. The Bertz CT molecular complexity index is 937. The zero-order valence-corrected chi connectivity index (χ0v) is 15.6. The number of amides is 3. The minimum absolute atomic E-state index is 0.0886. The Hall–Kier alpha value is -3.19. The second kappa shape index (κ2) is 9.66. The molecule has 0 bridgehead atoms. The summed E-state index contributed by atoms with van der Waals surface area (Å²) >= 11 is 0. The van der Waals surface area contributed by atoms with Crippen molar-refractivity contribution >= 4 is 23.0 Å². The van der Waals surface area contributed by atoms with Crippen molar-refractivity contribution in [3.63, 3.8) is 0 Å². The molecule has 0 spiro atoms. The Labute approximate surface area is 163 Å². The van der Waals surface area contributed by atoms with Gasteiger partial charge in [-0.25, -0.2) is 9.78 Å². The van der Waals surface area contributed by atoms with Crippen molar-refractivity contribution in [1.82, 2.24) is 20.2 Å². The number of aliphatic hydroxyl groups is 1. The number of imidazole rings is 1. The van der Waals surface area contributed by atoms with Gasteiger partial charge in [-0.3, -0.25) is 10.1 Å². The van der Waals surface area contributed by atoms with Crippen LogP contribution in [-0.2, 0) is 24.3 Å². The molecule has 1 aromatic heterocycles. The molecule has 0 aliphatic rings. The number of carbonyl (C=O) groups is 2. The lowest BCUT2D eigenvalue weighted by molar-refractivity contribution is -0.120. The van der Waals surface area contributed by atoms with E-state index in [-0.39, 0.29) is 18.9 Å². The molecule has 0 aliphatic carbocycles. The Morgan fingerprint density at radius 1 is 1.04 bits per heavy atom. The number of benzene rings is 2. The summed E-state index contributed by atoms with van der Waals surface area (Å²) in [4.78, 5) is 28.7. The number of aryl methyl sites for hydroxylation is 2. The topological polar surface area (TPSA) is 96.2 Å².